The Balaban J connectivity index is 1.70. The molecular formula is C20H17N3O4. The molecule has 1 aliphatic rings. The molecule has 7 nitrogen and oxygen atoms in total. The Labute approximate surface area is 154 Å². The lowest BCUT2D eigenvalue weighted by Crippen LogP contribution is -2.00. The van der Waals surface area contributed by atoms with Gasteiger partial charge in [-0.3, -0.25) is 0 Å². The largest absolute Gasteiger partial charge is 0.493 e. The summed E-state index contributed by atoms with van der Waals surface area (Å²) in [6.07, 6.45) is 2.47. The molecule has 1 aliphatic heterocycles. The predicted octanol–water partition coefficient (Wildman–Crippen LogP) is 3.52. The number of ether oxygens (including phenoxy) is 1. The number of furan rings is 2. The highest BCUT2D eigenvalue weighted by atomic mass is 16.5. The fourth-order valence-electron chi connectivity index (χ4n) is 3.32. The second kappa shape index (κ2) is 6.14. The van der Waals surface area contributed by atoms with Crippen LogP contribution in [0.2, 0.25) is 0 Å². The molecular weight excluding hydrogens is 346 g/mol. The van der Waals surface area contributed by atoms with E-state index in [1.54, 1.807) is 23.1 Å². The summed E-state index contributed by atoms with van der Waals surface area (Å²) in [5.41, 5.74) is 2.81. The predicted molar refractivity (Wildman–Crippen MR) is 96.6 cm³/mol. The van der Waals surface area contributed by atoms with Gasteiger partial charge in [-0.25, -0.2) is 9.67 Å². The number of hydrogen-bond acceptors (Lipinski definition) is 6. The number of aliphatic hydroxyl groups excluding tert-OH is 1. The molecule has 0 saturated heterocycles. The molecule has 5 rings (SSSR count). The van der Waals surface area contributed by atoms with Gasteiger partial charge in [0.2, 0.25) is 5.82 Å². The van der Waals surface area contributed by atoms with Crippen LogP contribution in [0, 0.1) is 6.92 Å². The number of aryl methyl sites for hydroxylation is 1. The van der Waals surface area contributed by atoms with Crippen LogP contribution in [0.5, 0.6) is 5.75 Å². The van der Waals surface area contributed by atoms with E-state index in [1.165, 1.54) is 0 Å². The summed E-state index contributed by atoms with van der Waals surface area (Å²) in [7, 11) is 0. The van der Waals surface area contributed by atoms with E-state index in [2.05, 4.69) is 16.1 Å². The number of nitrogens with zero attached hydrogens (tertiary/aromatic N) is 3. The molecule has 0 saturated carbocycles. The molecule has 4 heterocycles. The number of aromatic nitrogens is 3. The van der Waals surface area contributed by atoms with Crippen molar-refractivity contribution in [2.24, 2.45) is 0 Å². The van der Waals surface area contributed by atoms with Crippen LogP contribution in [0.15, 0.2) is 51.5 Å². The van der Waals surface area contributed by atoms with E-state index in [9.17, 15) is 5.11 Å². The number of rotatable bonds is 4. The van der Waals surface area contributed by atoms with E-state index in [-0.39, 0.29) is 6.61 Å². The molecule has 1 N–H and O–H groups in total. The highest BCUT2D eigenvalue weighted by Crippen LogP contribution is 2.32. The summed E-state index contributed by atoms with van der Waals surface area (Å²) in [5.74, 6) is 3.76. The highest BCUT2D eigenvalue weighted by molar-refractivity contribution is 5.64. The van der Waals surface area contributed by atoms with E-state index in [1.807, 2.05) is 25.1 Å². The third kappa shape index (κ3) is 2.63. The van der Waals surface area contributed by atoms with Gasteiger partial charge >= 0.3 is 0 Å². The molecule has 7 heteroatoms. The SMILES string of the molecule is Cc1oc(CO)cc1-c1nc(-c2ccco2)nn1-c1ccc2c(c1)CCO2. The van der Waals surface area contributed by atoms with E-state index in [0.29, 0.717) is 35.5 Å². The summed E-state index contributed by atoms with van der Waals surface area (Å²) in [5, 5.41) is 14.1. The molecule has 0 spiro atoms. The van der Waals surface area contributed by atoms with Gasteiger partial charge in [-0.1, -0.05) is 0 Å². The van der Waals surface area contributed by atoms with Gasteiger partial charge in [-0.2, -0.15) is 0 Å². The van der Waals surface area contributed by atoms with Crippen LogP contribution in [-0.2, 0) is 13.0 Å². The maximum atomic E-state index is 9.40. The van der Waals surface area contributed by atoms with Crippen molar-refractivity contribution in [1.29, 1.82) is 0 Å². The second-order valence-electron chi connectivity index (χ2n) is 6.38. The molecule has 3 aromatic heterocycles. The fourth-order valence-corrected chi connectivity index (χ4v) is 3.32. The van der Waals surface area contributed by atoms with Crippen molar-refractivity contribution in [3.05, 3.63) is 59.7 Å². The average molecular weight is 363 g/mol. The van der Waals surface area contributed by atoms with Crippen molar-refractivity contribution >= 4 is 0 Å². The van der Waals surface area contributed by atoms with E-state index >= 15 is 0 Å². The van der Waals surface area contributed by atoms with Crippen LogP contribution in [-0.4, -0.2) is 26.5 Å². The van der Waals surface area contributed by atoms with Crippen LogP contribution in [0.4, 0.5) is 0 Å². The number of hydrogen-bond donors (Lipinski definition) is 1. The Kier molecular flexibility index (Phi) is 3.61. The quantitative estimate of drug-likeness (QED) is 0.597. The van der Waals surface area contributed by atoms with Gasteiger partial charge in [-0.15, -0.1) is 5.10 Å². The minimum Gasteiger partial charge on any atom is -0.493 e. The van der Waals surface area contributed by atoms with Gasteiger partial charge in [0.15, 0.2) is 11.6 Å². The number of aliphatic hydroxyl groups is 1. The van der Waals surface area contributed by atoms with E-state index < -0.39 is 0 Å². The van der Waals surface area contributed by atoms with Gasteiger partial charge in [0.05, 0.1) is 24.1 Å². The topological polar surface area (TPSA) is 86.5 Å². The van der Waals surface area contributed by atoms with Gasteiger partial charge in [0.1, 0.15) is 23.9 Å². The van der Waals surface area contributed by atoms with Crippen LogP contribution < -0.4 is 4.74 Å². The van der Waals surface area contributed by atoms with E-state index in [0.717, 1.165) is 29.0 Å². The van der Waals surface area contributed by atoms with Crippen molar-refractivity contribution in [3.8, 4) is 34.4 Å². The Morgan fingerprint density at radius 3 is 2.93 bits per heavy atom. The normalized spacial score (nSPS) is 13.0. The maximum absolute atomic E-state index is 9.40. The lowest BCUT2D eigenvalue weighted by molar-refractivity contribution is 0.245. The molecule has 0 atom stereocenters. The minimum atomic E-state index is -0.170. The van der Waals surface area contributed by atoms with E-state index in [4.69, 9.17) is 13.6 Å². The third-order valence-electron chi connectivity index (χ3n) is 4.63. The molecule has 27 heavy (non-hydrogen) atoms. The van der Waals surface area contributed by atoms with Crippen LogP contribution in [0.1, 0.15) is 17.1 Å². The Morgan fingerprint density at radius 2 is 2.15 bits per heavy atom. The lowest BCUT2D eigenvalue weighted by Gasteiger charge is -2.07. The molecule has 0 bridgehead atoms. The van der Waals surface area contributed by atoms with Crippen molar-refractivity contribution in [2.75, 3.05) is 6.61 Å². The van der Waals surface area contributed by atoms with Crippen molar-refractivity contribution < 1.29 is 18.7 Å². The van der Waals surface area contributed by atoms with Gasteiger partial charge in [0.25, 0.3) is 0 Å². The summed E-state index contributed by atoms with van der Waals surface area (Å²) in [6, 6.07) is 11.4. The standard InChI is InChI=1S/C20H17N3O4/c1-12-16(10-15(11-24)27-12)20-21-19(18-3-2-7-25-18)22-23(20)14-4-5-17-13(9-14)6-8-26-17/h2-5,7,9-10,24H,6,8,11H2,1H3. The Bertz CT molecular complexity index is 1110. The second-order valence-corrected chi connectivity index (χ2v) is 6.38. The molecule has 0 amide bonds. The van der Waals surface area contributed by atoms with Crippen LogP contribution in [0.3, 0.4) is 0 Å². The molecule has 1 aromatic carbocycles. The number of benzene rings is 1. The molecule has 0 aliphatic carbocycles. The molecule has 0 fully saturated rings. The smallest absolute Gasteiger partial charge is 0.217 e. The Morgan fingerprint density at radius 1 is 1.22 bits per heavy atom. The van der Waals surface area contributed by atoms with Crippen molar-refractivity contribution in [2.45, 2.75) is 20.0 Å². The number of fused-ring (bicyclic) bond motifs is 1. The summed E-state index contributed by atoms with van der Waals surface area (Å²) in [4.78, 5) is 4.69. The first-order valence-electron chi connectivity index (χ1n) is 8.70. The highest BCUT2D eigenvalue weighted by Gasteiger charge is 2.22. The summed E-state index contributed by atoms with van der Waals surface area (Å²) in [6.45, 7) is 2.37. The minimum absolute atomic E-state index is 0.170. The average Bonchev–Trinajstić information content (AvgIpc) is 3.45. The molecule has 0 unspecified atom stereocenters. The fraction of sp³-hybridized carbons (Fsp3) is 0.200. The summed E-state index contributed by atoms with van der Waals surface area (Å²) >= 11 is 0. The van der Waals surface area contributed by atoms with Gasteiger partial charge in [-0.05, 0) is 48.9 Å². The zero-order chi connectivity index (χ0) is 18.4. The summed E-state index contributed by atoms with van der Waals surface area (Å²) < 4.78 is 18.5. The maximum Gasteiger partial charge on any atom is 0.217 e. The molecule has 4 aromatic rings. The third-order valence-corrected chi connectivity index (χ3v) is 4.63. The lowest BCUT2D eigenvalue weighted by atomic mass is 10.1. The molecule has 136 valence electrons. The zero-order valence-corrected chi connectivity index (χ0v) is 14.7. The van der Waals surface area contributed by atoms with Crippen molar-refractivity contribution in [3.63, 3.8) is 0 Å². The first-order chi connectivity index (χ1) is 13.2. The zero-order valence-electron chi connectivity index (χ0n) is 14.7. The first kappa shape index (κ1) is 15.9. The van der Waals surface area contributed by atoms with Gasteiger partial charge in [0, 0.05) is 6.42 Å². The molecule has 0 radical (unpaired) electrons. The van der Waals surface area contributed by atoms with Crippen LogP contribution >= 0.6 is 0 Å². The first-order valence-corrected chi connectivity index (χ1v) is 8.70. The Hall–Kier alpha value is -3.32. The van der Waals surface area contributed by atoms with Crippen molar-refractivity contribution in [1.82, 2.24) is 14.8 Å². The van der Waals surface area contributed by atoms with Gasteiger partial charge < -0.3 is 18.7 Å². The monoisotopic (exact) mass is 363 g/mol. The van der Waals surface area contributed by atoms with Crippen LogP contribution in [0.25, 0.3) is 28.7 Å².